The van der Waals surface area contributed by atoms with Crippen LogP contribution in [0.4, 0.5) is 8.78 Å². The van der Waals surface area contributed by atoms with Crippen LogP contribution in [0.2, 0.25) is 0 Å². The topological polar surface area (TPSA) is 61.8 Å². The van der Waals surface area contributed by atoms with Crippen LogP contribution >= 0.6 is 7.60 Å². The van der Waals surface area contributed by atoms with Crippen molar-refractivity contribution in [2.75, 3.05) is 0 Å². The van der Waals surface area contributed by atoms with Crippen LogP contribution in [-0.4, -0.2) is 23.8 Å². The summed E-state index contributed by atoms with van der Waals surface area (Å²) in [5, 5.41) is 0. The Morgan fingerprint density at radius 2 is 1.48 bits per heavy atom. The highest BCUT2D eigenvalue weighted by molar-refractivity contribution is 7.55. The Bertz CT molecular complexity index is 895. The van der Waals surface area contributed by atoms with Gasteiger partial charge in [-0.05, 0) is 31.5 Å². The Kier molecular flexibility index (Phi) is 8.01. The lowest BCUT2D eigenvalue weighted by molar-refractivity contribution is -0.157. The van der Waals surface area contributed by atoms with E-state index < -0.39 is 36.9 Å². The summed E-state index contributed by atoms with van der Waals surface area (Å²) in [4.78, 5) is 12.7. The summed E-state index contributed by atoms with van der Waals surface area (Å²) in [6, 6.07) is 16.3. The van der Waals surface area contributed by atoms with Crippen molar-refractivity contribution in [1.29, 1.82) is 0 Å². The van der Waals surface area contributed by atoms with Gasteiger partial charge >= 0.3 is 19.2 Å². The SMILES string of the molecule is CC(C)OC(=O)C(Cc1ccccc1)OP(=O)(Oc1ccccc1)C(F)(F)C(C)(C)C. The fourth-order valence-corrected chi connectivity index (χ4v) is 4.65. The summed E-state index contributed by atoms with van der Waals surface area (Å²) < 4.78 is 60.4. The normalized spacial score (nSPS) is 15.2. The van der Waals surface area contributed by atoms with Gasteiger partial charge in [-0.25, -0.2) is 9.36 Å². The Hall–Kier alpha value is -2.24. The minimum atomic E-state index is -5.19. The molecule has 0 aromatic heterocycles. The van der Waals surface area contributed by atoms with Crippen LogP contribution < -0.4 is 4.52 Å². The third-order valence-electron chi connectivity index (χ3n) is 4.36. The molecule has 2 atom stereocenters. The van der Waals surface area contributed by atoms with E-state index in [0.717, 1.165) is 0 Å². The van der Waals surface area contributed by atoms with Crippen molar-refractivity contribution in [3.8, 4) is 5.75 Å². The standard InChI is InChI=1S/C23H29F2O5P/c1-17(2)28-21(26)20(16-18-12-8-6-9-13-18)30-31(27,23(24,25)22(3,4)5)29-19-14-10-7-11-15-19/h6-15,17,20H,16H2,1-5H3. The molecule has 0 amide bonds. The quantitative estimate of drug-likeness (QED) is 0.321. The molecule has 0 fully saturated rings. The lowest BCUT2D eigenvalue weighted by Crippen LogP contribution is -2.39. The summed E-state index contributed by atoms with van der Waals surface area (Å²) in [6.07, 6.45) is -2.16. The van der Waals surface area contributed by atoms with Crippen molar-refractivity contribution >= 4 is 13.6 Å². The fraction of sp³-hybridized carbons (Fsp3) is 0.435. The van der Waals surface area contributed by atoms with Crippen molar-refractivity contribution in [2.24, 2.45) is 5.41 Å². The number of esters is 1. The number of carbonyl (C=O) groups excluding carboxylic acids is 1. The molecule has 0 saturated carbocycles. The zero-order chi connectivity index (χ0) is 23.3. The van der Waals surface area contributed by atoms with Gasteiger partial charge in [0, 0.05) is 11.8 Å². The summed E-state index contributed by atoms with van der Waals surface area (Å²) in [5.74, 6) is -0.939. The number of ether oxygens (including phenoxy) is 1. The van der Waals surface area contributed by atoms with Crippen molar-refractivity contribution in [2.45, 2.75) is 58.9 Å². The third kappa shape index (κ3) is 6.37. The fourth-order valence-electron chi connectivity index (χ4n) is 2.64. The Morgan fingerprint density at radius 1 is 0.968 bits per heavy atom. The monoisotopic (exact) mass is 454 g/mol. The van der Waals surface area contributed by atoms with E-state index in [2.05, 4.69) is 0 Å². The highest BCUT2D eigenvalue weighted by atomic mass is 31.2. The Balaban J connectivity index is 2.47. The molecule has 8 heteroatoms. The molecular formula is C23H29F2O5P. The van der Waals surface area contributed by atoms with Crippen LogP contribution in [0.15, 0.2) is 60.7 Å². The van der Waals surface area contributed by atoms with E-state index in [1.807, 2.05) is 0 Å². The molecule has 0 N–H and O–H groups in total. The van der Waals surface area contributed by atoms with Gasteiger partial charge < -0.3 is 9.26 Å². The van der Waals surface area contributed by atoms with Gasteiger partial charge in [0.25, 0.3) is 0 Å². The number of hydrogen-bond donors (Lipinski definition) is 0. The molecule has 0 spiro atoms. The number of para-hydroxylation sites is 1. The predicted octanol–water partition coefficient (Wildman–Crippen LogP) is 6.48. The second kappa shape index (κ2) is 9.92. The molecular weight excluding hydrogens is 425 g/mol. The Morgan fingerprint density at radius 3 is 1.97 bits per heavy atom. The Labute approximate surface area is 182 Å². The molecule has 2 aromatic rings. The van der Waals surface area contributed by atoms with Crippen LogP contribution in [0.3, 0.4) is 0 Å². The lowest BCUT2D eigenvalue weighted by Gasteiger charge is -2.36. The van der Waals surface area contributed by atoms with Gasteiger partial charge in [-0.2, -0.15) is 8.78 Å². The number of halogens is 2. The largest absolute Gasteiger partial charge is 0.461 e. The molecule has 0 radical (unpaired) electrons. The number of benzene rings is 2. The van der Waals surface area contributed by atoms with E-state index in [0.29, 0.717) is 5.56 Å². The maximum atomic E-state index is 15.4. The smallest absolute Gasteiger partial charge is 0.449 e. The highest BCUT2D eigenvalue weighted by Gasteiger charge is 2.63. The predicted molar refractivity (Wildman–Crippen MR) is 115 cm³/mol. The van der Waals surface area contributed by atoms with Gasteiger partial charge in [0.05, 0.1) is 6.10 Å². The van der Waals surface area contributed by atoms with Gasteiger partial charge in [-0.15, -0.1) is 0 Å². The number of alkyl halides is 2. The maximum absolute atomic E-state index is 15.4. The summed E-state index contributed by atoms with van der Waals surface area (Å²) in [6.45, 7) is 6.95. The number of carbonyl (C=O) groups is 1. The van der Waals surface area contributed by atoms with Crippen molar-refractivity contribution in [1.82, 2.24) is 0 Å². The maximum Gasteiger partial charge on any atom is 0.449 e. The minimum Gasteiger partial charge on any atom is -0.461 e. The van der Waals surface area contributed by atoms with Crippen LogP contribution in [0.1, 0.15) is 40.2 Å². The third-order valence-corrected chi connectivity index (χ3v) is 6.70. The summed E-state index contributed by atoms with van der Waals surface area (Å²) in [7, 11) is -5.19. The van der Waals surface area contributed by atoms with Crippen molar-refractivity contribution < 1.29 is 31.9 Å². The first-order valence-corrected chi connectivity index (χ1v) is 11.6. The second-order valence-electron chi connectivity index (χ2n) is 8.46. The number of hydrogen-bond acceptors (Lipinski definition) is 5. The van der Waals surface area contributed by atoms with Gasteiger partial charge in [-0.3, -0.25) is 4.52 Å². The molecule has 0 bridgehead atoms. The van der Waals surface area contributed by atoms with Gasteiger partial charge in [0.15, 0.2) is 6.10 Å². The molecule has 0 saturated heterocycles. The van der Waals surface area contributed by atoms with E-state index in [1.54, 1.807) is 62.4 Å². The van der Waals surface area contributed by atoms with Crippen LogP contribution in [0, 0.1) is 5.41 Å². The molecule has 0 aliphatic carbocycles. The zero-order valence-electron chi connectivity index (χ0n) is 18.4. The molecule has 0 aliphatic heterocycles. The molecule has 0 aliphatic rings. The molecule has 170 valence electrons. The van der Waals surface area contributed by atoms with Gasteiger partial charge in [0.1, 0.15) is 5.75 Å². The van der Waals surface area contributed by atoms with Crippen LogP contribution in [-0.2, 0) is 25.0 Å². The first-order valence-electron chi connectivity index (χ1n) is 10.0. The van der Waals surface area contributed by atoms with Gasteiger partial charge in [0.2, 0.25) is 0 Å². The molecule has 2 aromatic carbocycles. The zero-order valence-corrected chi connectivity index (χ0v) is 19.3. The summed E-state index contributed by atoms with van der Waals surface area (Å²) in [5.41, 5.74) is -5.03. The van der Waals surface area contributed by atoms with Crippen molar-refractivity contribution in [3.63, 3.8) is 0 Å². The van der Waals surface area contributed by atoms with Gasteiger partial charge in [-0.1, -0.05) is 69.3 Å². The first kappa shape index (κ1) is 25.0. The second-order valence-corrected chi connectivity index (χ2v) is 10.4. The summed E-state index contributed by atoms with van der Waals surface area (Å²) >= 11 is 0. The van der Waals surface area contributed by atoms with E-state index >= 15 is 8.78 Å². The highest BCUT2D eigenvalue weighted by Crippen LogP contribution is 2.68. The van der Waals surface area contributed by atoms with Crippen molar-refractivity contribution in [3.05, 3.63) is 66.2 Å². The van der Waals surface area contributed by atoms with E-state index in [9.17, 15) is 9.36 Å². The average Bonchev–Trinajstić information content (AvgIpc) is 2.67. The molecule has 0 heterocycles. The van der Waals surface area contributed by atoms with Crippen LogP contribution in [0.25, 0.3) is 0 Å². The van der Waals surface area contributed by atoms with Crippen LogP contribution in [0.5, 0.6) is 5.75 Å². The van der Waals surface area contributed by atoms with E-state index in [1.165, 1.54) is 32.9 Å². The molecule has 2 rings (SSSR count). The van der Waals surface area contributed by atoms with E-state index in [-0.39, 0.29) is 12.2 Å². The lowest BCUT2D eigenvalue weighted by atomic mass is 9.97. The average molecular weight is 454 g/mol. The number of rotatable bonds is 9. The molecule has 31 heavy (non-hydrogen) atoms. The molecule has 2 unspecified atom stereocenters. The first-order chi connectivity index (χ1) is 14.4. The molecule has 5 nitrogen and oxygen atoms in total. The van der Waals surface area contributed by atoms with E-state index in [4.69, 9.17) is 13.8 Å². The minimum absolute atomic E-state index is 0.0505.